The molecule has 1 unspecified atom stereocenters. The Morgan fingerprint density at radius 2 is 1.66 bits per heavy atom. The molecule has 11 heteroatoms. The van der Waals surface area contributed by atoms with Crippen molar-refractivity contribution < 1.29 is 33.8 Å². The first-order valence-electron chi connectivity index (χ1n) is 18.5. The predicted molar refractivity (Wildman–Crippen MR) is 197 cm³/mol. The Morgan fingerprint density at radius 1 is 1.00 bits per heavy atom. The number of benzene rings is 1. The average molecular weight is 703 g/mol. The number of hydrogen-bond acceptors (Lipinski definition) is 8. The van der Waals surface area contributed by atoms with Gasteiger partial charge in [0, 0.05) is 46.7 Å². The molecule has 1 fully saturated rings. The van der Waals surface area contributed by atoms with Crippen molar-refractivity contribution in [2.75, 3.05) is 41.4 Å². The van der Waals surface area contributed by atoms with E-state index in [-0.39, 0.29) is 71.9 Å². The molecule has 0 radical (unpaired) electrons. The standard InChI is InChI=1S/C39H66N4O7/c1-12-26(6)36(42(9)39(48)29(24(2)3)22-32(45)35(40-8)25(4)5)33(49-10)23-34(46)43-21-15-17-30(43)37(50-11)27(7)38(47)41-20-19-28-16-13-14-18-31(28)44/h13-14,16,18,24-27,29-30,33,35-37,40,44H,12,15,17,19-23H2,1-11H3,(H,41,47)/t26?,27-,29+,30+,33-,35+,36+,37-/m1/s1. The molecule has 3 amide bonds. The van der Waals surface area contributed by atoms with Gasteiger partial charge in [-0.15, -0.1) is 0 Å². The zero-order chi connectivity index (χ0) is 37.7. The van der Waals surface area contributed by atoms with Gasteiger partial charge >= 0.3 is 0 Å². The highest BCUT2D eigenvalue weighted by Crippen LogP contribution is 2.31. The molecule has 0 aliphatic carbocycles. The largest absolute Gasteiger partial charge is 0.508 e. The minimum atomic E-state index is -0.576. The third-order valence-corrected chi connectivity index (χ3v) is 10.8. The molecule has 11 nitrogen and oxygen atoms in total. The van der Waals surface area contributed by atoms with E-state index in [0.717, 1.165) is 18.4 Å². The number of ether oxygens (including phenoxy) is 2. The van der Waals surface area contributed by atoms with Gasteiger partial charge in [-0.25, -0.2) is 0 Å². The van der Waals surface area contributed by atoms with Crippen LogP contribution in [0.25, 0.3) is 0 Å². The second-order valence-electron chi connectivity index (χ2n) is 14.8. The summed E-state index contributed by atoms with van der Waals surface area (Å²) in [6.07, 6.45) is 1.87. The number of aromatic hydroxyl groups is 1. The van der Waals surface area contributed by atoms with Gasteiger partial charge in [0.2, 0.25) is 17.7 Å². The molecule has 0 saturated carbocycles. The van der Waals surface area contributed by atoms with Crippen molar-refractivity contribution in [3.8, 4) is 5.75 Å². The first kappa shape index (κ1) is 43.1. The highest BCUT2D eigenvalue weighted by molar-refractivity contribution is 5.90. The summed E-state index contributed by atoms with van der Waals surface area (Å²) in [5.41, 5.74) is 0.758. The van der Waals surface area contributed by atoms with E-state index < -0.39 is 30.1 Å². The van der Waals surface area contributed by atoms with Gasteiger partial charge in [-0.2, -0.15) is 0 Å². The zero-order valence-corrected chi connectivity index (χ0v) is 32.5. The van der Waals surface area contributed by atoms with E-state index in [1.54, 1.807) is 45.3 Å². The molecule has 2 rings (SSSR count). The number of Topliss-reactive ketones (excluding diaryl/α,β-unsaturated/α-hetero) is 1. The Morgan fingerprint density at radius 3 is 2.20 bits per heavy atom. The summed E-state index contributed by atoms with van der Waals surface area (Å²) in [7, 11) is 6.70. The van der Waals surface area contributed by atoms with E-state index in [4.69, 9.17) is 9.47 Å². The van der Waals surface area contributed by atoms with Crippen molar-refractivity contribution in [1.29, 1.82) is 0 Å². The molecule has 3 N–H and O–H groups in total. The number of likely N-dealkylation sites (N-methyl/N-ethyl adjacent to an activating group) is 2. The fourth-order valence-corrected chi connectivity index (χ4v) is 7.59. The third kappa shape index (κ3) is 11.2. The fourth-order valence-electron chi connectivity index (χ4n) is 7.59. The number of carbonyl (C=O) groups excluding carboxylic acids is 4. The van der Waals surface area contributed by atoms with Crippen LogP contribution < -0.4 is 10.6 Å². The number of hydrogen-bond donors (Lipinski definition) is 3. The second-order valence-corrected chi connectivity index (χ2v) is 14.8. The van der Waals surface area contributed by atoms with E-state index >= 15 is 0 Å². The number of nitrogens with zero attached hydrogens (tertiary/aromatic N) is 2. The number of carbonyl (C=O) groups is 4. The van der Waals surface area contributed by atoms with E-state index in [2.05, 4.69) is 24.5 Å². The van der Waals surface area contributed by atoms with Crippen LogP contribution in [0.4, 0.5) is 0 Å². The maximum Gasteiger partial charge on any atom is 0.226 e. The highest BCUT2D eigenvalue weighted by atomic mass is 16.5. The molecule has 0 spiro atoms. The molecule has 1 aliphatic heterocycles. The summed E-state index contributed by atoms with van der Waals surface area (Å²) in [6.45, 7) is 14.8. The summed E-state index contributed by atoms with van der Waals surface area (Å²) >= 11 is 0. The molecule has 284 valence electrons. The molecule has 1 heterocycles. The van der Waals surface area contributed by atoms with Gasteiger partial charge in [0.1, 0.15) is 5.75 Å². The van der Waals surface area contributed by atoms with E-state index in [0.29, 0.717) is 25.9 Å². The van der Waals surface area contributed by atoms with Crippen LogP contribution in [0.3, 0.4) is 0 Å². The molecule has 8 atom stereocenters. The lowest BCUT2D eigenvalue weighted by atomic mass is 9.84. The van der Waals surface area contributed by atoms with Crippen LogP contribution in [-0.2, 0) is 35.1 Å². The lowest BCUT2D eigenvalue weighted by Crippen LogP contribution is -2.54. The van der Waals surface area contributed by atoms with Crippen molar-refractivity contribution in [2.45, 2.75) is 117 Å². The van der Waals surface area contributed by atoms with Crippen LogP contribution in [0, 0.1) is 29.6 Å². The van der Waals surface area contributed by atoms with Gasteiger partial charge in [0.15, 0.2) is 5.78 Å². The topological polar surface area (TPSA) is 138 Å². The summed E-state index contributed by atoms with van der Waals surface area (Å²) in [4.78, 5) is 58.3. The number of likely N-dealkylation sites (tertiary alicyclic amines) is 1. The average Bonchev–Trinajstić information content (AvgIpc) is 3.57. The Hall–Kier alpha value is -3.02. The first-order chi connectivity index (χ1) is 23.6. The van der Waals surface area contributed by atoms with E-state index in [1.165, 1.54) is 0 Å². The highest BCUT2D eigenvalue weighted by Gasteiger charge is 2.43. The van der Waals surface area contributed by atoms with Crippen molar-refractivity contribution in [3.05, 3.63) is 29.8 Å². The summed E-state index contributed by atoms with van der Waals surface area (Å²) in [5, 5.41) is 16.1. The van der Waals surface area contributed by atoms with Crippen molar-refractivity contribution in [3.63, 3.8) is 0 Å². The SMILES string of the molecule is CCC(C)[C@@H]([C@@H](CC(=O)N1CCC[C@H]1[C@H](OC)[C@@H](C)C(=O)NCCc1ccccc1O)OC)N(C)C(=O)[C@@H](CC(=O)[C@@H](NC)C(C)C)C(C)C. The quantitative estimate of drug-likeness (QED) is 0.171. The molecular weight excluding hydrogens is 636 g/mol. The van der Waals surface area contributed by atoms with Crippen LogP contribution in [0.1, 0.15) is 86.1 Å². The fraction of sp³-hybridized carbons (Fsp3) is 0.744. The summed E-state index contributed by atoms with van der Waals surface area (Å²) in [5.74, 6) is -1.13. The summed E-state index contributed by atoms with van der Waals surface area (Å²) < 4.78 is 11.9. The Labute approximate surface area is 301 Å². The second kappa shape index (κ2) is 20.7. The van der Waals surface area contributed by atoms with Gasteiger partial charge in [0.05, 0.1) is 42.7 Å². The zero-order valence-electron chi connectivity index (χ0n) is 32.5. The number of phenols is 1. The Kier molecular flexibility index (Phi) is 17.9. The molecule has 0 aromatic heterocycles. The lowest BCUT2D eigenvalue weighted by Gasteiger charge is -2.41. The molecule has 1 aromatic carbocycles. The van der Waals surface area contributed by atoms with E-state index in [1.807, 2.05) is 51.7 Å². The van der Waals surface area contributed by atoms with Gasteiger partial charge in [-0.1, -0.05) is 73.1 Å². The van der Waals surface area contributed by atoms with Crippen LogP contribution in [0.15, 0.2) is 24.3 Å². The predicted octanol–water partition coefficient (Wildman–Crippen LogP) is 4.45. The minimum absolute atomic E-state index is 0.0210. The number of nitrogens with one attached hydrogen (secondary N) is 2. The smallest absolute Gasteiger partial charge is 0.226 e. The number of methoxy groups -OCH3 is 2. The first-order valence-corrected chi connectivity index (χ1v) is 18.5. The van der Waals surface area contributed by atoms with Gasteiger partial charge in [-0.05, 0) is 55.7 Å². The molecule has 1 aliphatic rings. The van der Waals surface area contributed by atoms with Crippen LogP contribution in [0.5, 0.6) is 5.75 Å². The Bertz CT molecular complexity index is 1240. The number of para-hydroxylation sites is 1. The van der Waals surface area contributed by atoms with Gasteiger partial charge in [0.25, 0.3) is 0 Å². The molecule has 0 bridgehead atoms. The third-order valence-electron chi connectivity index (χ3n) is 10.8. The maximum absolute atomic E-state index is 14.2. The molecule has 1 saturated heterocycles. The minimum Gasteiger partial charge on any atom is -0.508 e. The lowest BCUT2D eigenvalue weighted by molar-refractivity contribution is -0.149. The van der Waals surface area contributed by atoms with Crippen molar-refractivity contribution >= 4 is 23.5 Å². The molecular formula is C39H66N4O7. The maximum atomic E-state index is 14.2. The van der Waals surface area contributed by atoms with Crippen molar-refractivity contribution in [2.24, 2.45) is 29.6 Å². The molecule has 1 aromatic rings. The van der Waals surface area contributed by atoms with Crippen LogP contribution >= 0.6 is 0 Å². The number of amides is 3. The van der Waals surface area contributed by atoms with Gasteiger partial charge in [-0.3, -0.25) is 19.2 Å². The van der Waals surface area contributed by atoms with E-state index in [9.17, 15) is 24.3 Å². The van der Waals surface area contributed by atoms with Crippen molar-refractivity contribution in [1.82, 2.24) is 20.4 Å². The van der Waals surface area contributed by atoms with Crippen LogP contribution in [0.2, 0.25) is 0 Å². The monoisotopic (exact) mass is 702 g/mol. The number of phenolic OH excluding ortho intramolecular Hbond substituents is 1. The number of ketones is 1. The molecule has 50 heavy (non-hydrogen) atoms. The normalized spacial score (nSPS) is 19.1. The summed E-state index contributed by atoms with van der Waals surface area (Å²) in [6, 6.07) is 6.05. The van der Waals surface area contributed by atoms with Gasteiger partial charge < -0.3 is 35.0 Å². The number of rotatable bonds is 21. The Balaban J connectivity index is 2.20. The van der Waals surface area contributed by atoms with Crippen LogP contribution in [-0.4, -0.2) is 110 Å².